The lowest BCUT2D eigenvalue weighted by Gasteiger charge is -2.33. The summed E-state index contributed by atoms with van der Waals surface area (Å²) in [7, 11) is 0. The lowest BCUT2D eigenvalue weighted by atomic mass is 9.88. The van der Waals surface area contributed by atoms with Crippen molar-refractivity contribution in [2.24, 2.45) is 5.92 Å². The second-order valence-electron chi connectivity index (χ2n) is 6.81. The smallest absolute Gasteiger partial charge is 0.255 e. The molecule has 1 N–H and O–H groups in total. The number of hydrogen-bond acceptors (Lipinski definition) is 3. The Bertz CT molecular complexity index is 868. The molecule has 8 heteroatoms. The number of aromatic nitrogens is 1. The third-order valence-electron chi connectivity index (χ3n) is 4.82. The SMILES string of the molecule is CC(=O)Nc1cc(C(=O)N2CCC(C(F)c3ccc(F)cc3)CC2)c(Cl)cn1. The molecule has 1 atom stereocenters. The molecule has 0 saturated carbocycles. The minimum absolute atomic E-state index is 0.191. The number of nitrogens with zero attached hydrogens (tertiary/aromatic N) is 2. The Morgan fingerprint density at radius 2 is 1.89 bits per heavy atom. The van der Waals surface area contributed by atoms with Gasteiger partial charge in [-0.2, -0.15) is 0 Å². The predicted octanol–water partition coefficient (Wildman–Crippen LogP) is 4.40. The maximum atomic E-state index is 14.7. The van der Waals surface area contributed by atoms with E-state index in [2.05, 4.69) is 10.3 Å². The molecule has 2 amide bonds. The Kier molecular flexibility index (Phi) is 6.24. The summed E-state index contributed by atoms with van der Waals surface area (Å²) < 4.78 is 27.8. The van der Waals surface area contributed by atoms with Crippen LogP contribution in [-0.2, 0) is 4.79 Å². The van der Waals surface area contributed by atoms with Crippen LogP contribution in [0.2, 0.25) is 5.02 Å². The van der Waals surface area contributed by atoms with Crippen LogP contribution >= 0.6 is 11.6 Å². The fraction of sp³-hybridized carbons (Fsp3) is 0.350. The number of carbonyl (C=O) groups is 2. The minimum atomic E-state index is -1.20. The fourth-order valence-electron chi connectivity index (χ4n) is 3.34. The first kappa shape index (κ1) is 20.2. The molecule has 5 nitrogen and oxygen atoms in total. The summed E-state index contributed by atoms with van der Waals surface area (Å²) in [4.78, 5) is 29.6. The van der Waals surface area contributed by atoms with Gasteiger partial charge in [-0.3, -0.25) is 9.59 Å². The maximum absolute atomic E-state index is 14.7. The van der Waals surface area contributed by atoms with Crippen LogP contribution in [0.15, 0.2) is 36.5 Å². The highest BCUT2D eigenvalue weighted by atomic mass is 35.5. The van der Waals surface area contributed by atoms with Gasteiger partial charge in [-0.05, 0) is 42.5 Å². The summed E-state index contributed by atoms with van der Waals surface area (Å²) in [5.74, 6) is -0.977. The number of nitrogens with one attached hydrogen (secondary N) is 1. The van der Waals surface area contributed by atoms with Crippen molar-refractivity contribution in [2.75, 3.05) is 18.4 Å². The van der Waals surface area contributed by atoms with E-state index in [9.17, 15) is 18.4 Å². The Hall–Kier alpha value is -2.54. The van der Waals surface area contributed by atoms with Gasteiger partial charge in [0.1, 0.15) is 17.8 Å². The number of anilines is 1. The standard InChI is InChI=1S/C20H20ClF2N3O2/c1-12(27)25-18-10-16(17(21)11-24-18)20(28)26-8-6-14(7-9-26)19(23)13-2-4-15(22)5-3-13/h2-5,10-11,14,19H,6-9H2,1H3,(H,24,25,27). The van der Waals surface area contributed by atoms with Crippen molar-refractivity contribution in [3.05, 3.63) is 58.5 Å². The molecule has 1 aromatic heterocycles. The molecule has 148 valence electrons. The van der Waals surface area contributed by atoms with Crippen LogP contribution in [-0.4, -0.2) is 34.8 Å². The lowest BCUT2D eigenvalue weighted by Crippen LogP contribution is -2.39. The molecular weight excluding hydrogens is 388 g/mol. The van der Waals surface area contributed by atoms with Gasteiger partial charge in [-0.1, -0.05) is 23.7 Å². The van der Waals surface area contributed by atoms with E-state index in [0.29, 0.717) is 31.5 Å². The Morgan fingerprint density at radius 1 is 1.25 bits per heavy atom. The number of hydrogen-bond donors (Lipinski definition) is 1. The van der Waals surface area contributed by atoms with E-state index < -0.39 is 12.0 Å². The summed E-state index contributed by atoms with van der Waals surface area (Å²) in [5.41, 5.74) is 0.692. The molecule has 2 heterocycles. The summed E-state index contributed by atoms with van der Waals surface area (Å²) >= 11 is 6.11. The lowest BCUT2D eigenvalue weighted by molar-refractivity contribution is -0.114. The van der Waals surface area contributed by atoms with E-state index in [4.69, 9.17) is 11.6 Å². The van der Waals surface area contributed by atoms with Crippen molar-refractivity contribution in [1.82, 2.24) is 9.88 Å². The van der Waals surface area contributed by atoms with Crippen molar-refractivity contribution in [1.29, 1.82) is 0 Å². The number of benzene rings is 1. The molecule has 1 aliphatic heterocycles. The maximum Gasteiger partial charge on any atom is 0.255 e. The molecule has 1 fully saturated rings. The fourth-order valence-corrected chi connectivity index (χ4v) is 3.52. The van der Waals surface area contributed by atoms with Gasteiger partial charge in [0.2, 0.25) is 5.91 Å². The number of carbonyl (C=O) groups excluding carboxylic acids is 2. The van der Waals surface area contributed by atoms with E-state index in [1.807, 2.05) is 0 Å². The highest BCUT2D eigenvalue weighted by molar-refractivity contribution is 6.33. The first-order valence-corrected chi connectivity index (χ1v) is 9.35. The average Bonchev–Trinajstić information content (AvgIpc) is 2.69. The molecule has 0 radical (unpaired) electrons. The topological polar surface area (TPSA) is 62.3 Å². The molecular formula is C20H20ClF2N3O2. The van der Waals surface area contributed by atoms with Crippen LogP contribution < -0.4 is 5.32 Å². The van der Waals surface area contributed by atoms with Gasteiger partial charge in [0.05, 0.1) is 10.6 Å². The van der Waals surface area contributed by atoms with Gasteiger partial charge in [-0.25, -0.2) is 13.8 Å². The van der Waals surface area contributed by atoms with Crippen molar-refractivity contribution in [3.8, 4) is 0 Å². The second-order valence-corrected chi connectivity index (χ2v) is 7.22. The normalized spacial score (nSPS) is 15.9. The van der Waals surface area contributed by atoms with Crippen molar-refractivity contribution in [2.45, 2.75) is 25.9 Å². The first-order valence-electron chi connectivity index (χ1n) is 8.97. The zero-order valence-electron chi connectivity index (χ0n) is 15.3. The molecule has 0 bridgehead atoms. The van der Waals surface area contributed by atoms with Gasteiger partial charge < -0.3 is 10.2 Å². The van der Waals surface area contributed by atoms with Gasteiger partial charge in [-0.15, -0.1) is 0 Å². The van der Waals surface area contributed by atoms with E-state index in [1.54, 1.807) is 4.90 Å². The Balaban J connectivity index is 1.65. The van der Waals surface area contributed by atoms with E-state index in [0.717, 1.165) is 0 Å². The molecule has 0 aliphatic carbocycles. The largest absolute Gasteiger partial charge is 0.339 e. The zero-order valence-corrected chi connectivity index (χ0v) is 16.0. The van der Waals surface area contributed by atoms with E-state index >= 15 is 0 Å². The molecule has 3 rings (SSSR count). The van der Waals surface area contributed by atoms with Crippen LogP contribution in [0, 0.1) is 11.7 Å². The predicted molar refractivity (Wildman–Crippen MR) is 102 cm³/mol. The number of likely N-dealkylation sites (tertiary alicyclic amines) is 1. The molecule has 0 spiro atoms. The number of halogens is 3. The van der Waals surface area contributed by atoms with Crippen molar-refractivity contribution in [3.63, 3.8) is 0 Å². The number of pyridine rings is 1. The van der Waals surface area contributed by atoms with Gasteiger partial charge in [0.15, 0.2) is 0 Å². The highest BCUT2D eigenvalue weighted by Gasteiger charge is 2.30. The number of alkyl halides is 1. The molecule has 1 aliphatic rings. The third kappa shape index (κ3) is 4.65. The molecule has 2 aromatic rings. The molecule has 1 unspecified atom stereocenters. The number of rotatable bonds is 4. The van der Waals surface area contributed by atoms with Crippen molar-refractivity contribution >= 4 is 29.2 Å². The van der Waals surface area contributed by atoms with Crippen LogP contribution in [0.5, 0.6) is 0 Å². The average molecular weight is 408 g/mol. The van der Waals surface area contributed by atoms with Crippen LogP contribution in [0.1, 0.15) is 41.9 Å². The van der Waals surface area contributed by atoms with Crippen LogP contribution in [0.4, 0.5) is 14.6 Å². The summed E-state index contributed by atoms with van der Waals surface area (Å²) in [6.45, 7) is 2.12. The van der Waals surface area contributed by atoms with Crippen LogP contribution in [0.25, 0.3) is 0 Å². The van der Waals surface area contributed by atoms with Crippen molar-refractivity contribution < 1.29 is 18.4 Å². The van der Waals surface area contributed by atoms with E-state index in [-0.39, 0.29) is 34.1 Å². The minimum Gasteiger partial charge on any atom is -0.339 e. The van der Waals surface area contributed by atoms with Gasteiger partial charge in [0.25, 0.3) is 5.91 Å². The second kappa shape index (κ2) is 8.65. The van der Waals surface area contributed by atoms with Crippen LogP contribution in [0.3, 0.4) is 0 Å². The van der Waals surface area contributed by atoms with Gasteiger partial charge >= 0.3 is 0 Å². The Morgan fingerprint density at radius 3 is 2.50 bits per heavy atom. The zero-order chi connectivity index (χ0) is 20.3. The number of piperidine rings is 1. The van der Waals surface area contributed by atoms with E-state index in [1.165, 1.54) is 43.5 Å². The first-order chi connectivity index (χ1) is 13.3. The summed E-state index contributed by atoms with van der Waals surface area (Å²) in [5, 5.41) is 2.71. The summed E-state index contributed by atoms with van der Waals surface area (Å²) in [6.07, 6.45) is 1.10. The molecule has 1 aromatic carbocycles. The quantitative estimate of drug-likeness (QED) is 0.817. The Labute approximate surface area is 166 Å². The number of amides is 2. The third-order valence-corrected chi connectivity index (χ3v) is 5.12. The molecule has 1 saturated heterocycles. The molecule has 28 heavy (non-hydrogen) atoms. The highest BCUT2D eigenvalue weighted by Crippen LogP contribution is 2.34. The van der Waals surface area contributed by atoms with Gasteiger partial charge in [0, 0.05) is 26.2 Å². The summed E-state index contributed by atoms with van der Waals surface area (Å²) in [6, 6.07) is 6.85. The monoisotopic (exact) mass is 407 g/mol.